The lowest BCUT2D eigenvalue weighted by Gasteiger charge is -2.22. The number of alkyl halides is 2. The molecule has 0 spiro atoms. The van der Waals surface area contributed by atoms with E-state index in [2.05, 4.69) is 4.74 Å². The molecule has 1 heterocycles. The number of sulfonamides is 1. The first-order valence-corrected chi connectivity index (χ1v) is 11.2. The fourth-order valence-electron chi connectivity index (χ4n) is 4.08. The summed E-state index contributed by atoms with van der Waals surface area (Å²) in [6, 6.07) is 12.4. The van der Waals surface area contributed by atoms with Crippen molar-refractivity contribution < 1.29 is 26.7 Å². The standard InChI is InChI=1S/C22H23F2NO4S/c1-28-19-6-2-15(3-7-19)18-10-11-25(14-18)30(26,27)21-9-5-16-12-20(29-22(23)24)8-4-17(16)13-21/h2-4,6-8,12-13,18,22H,5,9-11,14H2,1H3. The predicted octanol–water partition coefficient (Wildman–Crippen LogP) is 4.40. The maximum Gasteiger partial charge on any atom is 0.387 e. The number of allylic oxidation sites excluding steroid dienone is 1. The van der Waals surface area contributed by atoms with E-state index in [1.54, 1.807) is 29.6 Å². The minimum atomic E-state index is -3.57. The van der Waals surface area contributed by atoms with Crippen molar-refractivity contribution in [3.63, 3.8) is 0 Å². The number of rotatable bonds is 6. The van der Waals surface area contributed by atoms with Gasteiger partial charge in [0, 0.05) is 13.1 Å². The third-order valence-electron chi connectivity index (χ3n) is 5.71. The van der Waals surface area contributed by atoms with Gasteiger partial charge in [-0.1, -0.05) is 18.2 Å². The van der Waals surface area contributed by atoms with Gasteiger partial charge < -0.3 is 9.47 Å². The summed E-state index contributed by atoms with van der Waals surface area (Å²) in [5, 5.41) is 0. The molecule has 1 atom stereocenters. The zero-order valence-corrected chi connectivity index (χ0v) is 17.4. The van der Waals surface area contributed by atoms with Gasteiger partial charge in [-0.05, 0) is 72.2 Å². The Morgan fingerprint density at radius 2 is 1.80 bits per heavy atom. The van der Waals surface area contributed by atoms with Crippen LogP contribution in [0.1, 0.15) is 35.4 Å². The van der Waals surface area contributed by atoms with E-state index in [-0.39, 0.29) is 11.7 Å². The van der Waals surface area contributed by atoms with Crippen molar-refractivity contribution in [2.24, 2.45) is 0 Å². The van der Waals surface area contributed by atoms with Crippen LogP contribution in [0.15, 0.2) is 47.4 Å². The first-order chi connectivity index (χ1) is 14.4. The highest BCUT2D eigenvalue weighted by Gasteiger charge is 2.35. The molecule has 30 heavy (non-hydrogen) atoms. The highest BCUT2D eigenvalue weighted by atomic mass is 32.2. The van der Waals surface area contributed by atoms with E-state index in [4.69, 9.17) is 4.74 Å². The summed E-state index contributed by atoms with van der Waals surface area (Å²) >= 11 is 0. The predicted molar refractivity (Wildman–Crippen MR) is 110 cm³/mol. The van der Waals surface area contributed by atoms with Crippen molar-refractivity contribution in [1.82, 2.24) is 4.31 Å². The van der Waals surface area contributed by atoms with Gasteiger partial charge in [0.05, 0.1) is 12.0 Å². The molecule has 0 amide bonds. The van der Waals surface area contributed by atoms with Crippen LogP contribution in [0.3, 0.4) is 0 Å². The third-order valence-corrected chi connectivity index (χ3v) is 7.70. The van der Waals surface area contributed by atoms with Crippen LogP contribution in [0.5, 0.6) is 11.5 Å². The Bertz CT molecular complexity index is 1050. The first-order valence-electron chi connectivity index (χ1n) is 9.79. The largest absolute Gasteiger partial charge is 0.497 e. The summed E-state index contributed by atoms with van der Waals surface area (Å²) in [5.41, 5.74) is 2.64. The fraction of sp³-hybridized carbons (Fsp3) is 0.364. The molecule has 0 N–H and O–H groups in total. The highest BCUT2D eigenvalue weighted by molar-refractivity contribution is 7.93. The number of hydrogen-bond acceptors (Lipinski definition) is 4. The number of aryl methyl sites for hydroxylation is 1. The van der Waals surface area contributed by atoms with Crippen molar-refractivity contribution in [2.45, 2.75) is 31.8 Å². The minimum absolute atomic E-state index is 0.0883. The van der Waals surface area contributed by atoms with Gasteiger partial charge >= 0.3 is 6.61 Å². The van der Waals surface area contributed by atoms with Gasteiger partial charge in [0.2, 0.25) is 10.0 Å². The van der Waals surface area contributed by atoms with E-state index in [9.17, 15) is 17.2 Å². The van der Waals surface area contributed by atoms with Gasteiger partial charge in [0.15, 0.2) is 0 Å². The van der Waals surface area contributed by atoms with Crippen LogP contribution < -0.4 is 9.47 Å². The summed E-state index contributed by atoms with van der Waals surface area (Å²) in [7, 11) is -1.96. The molecule has 0 radical (unpaired) electrons. The summed E-state index contributed by atoms with van der Waals surface area (Å²) in [6.45, 7) is -1.96. The molecule has 1 saturated heterocycles. The molecule has 160 valence electrons. The summed E-state index contributed by atoms with van der Waals surface area (Å²) < 4.78 is 62.4. The second kappa shape index (κ2) is 8.35. The summed E-state index contributed by atoms with van der Waals surface area (Å²) in [5.74, 6) is 1.01. The molecule has 1 fully saturated rings. The quantitative estimate of drug-likeness (QED) is 0.675. The number of benzene rings is 2. The van der Waals surface area contributed by atoms with Gasteiger partial charge in [0.25, 0.3) is 0 Å². The number of nitrogens with zero attached hydrogens (tertiary/aromatic N) is 1. The van der Waals surface area contributed by atoms with Crippen LogP contribution in [0.25, 0.3) is 6.08 Å². The van der Waals surface area contributed by atoms with Gasteiger partial charge in [0.1, 0.15) is 11.5 Å². The van der Waals surface area contributed by atoms with Crippen LogP contribution in [-0.4, -0.2) is 39.5 Å². The second-order valence-corrected chi connectivity index (χ2v) is 9.46. The molecule has 0 aromatic heterocycles. The minimum Gasteiger partial charge on any atom is -0.497 e. The molecule has 4 rings (SSSR count). The zero-order valence-electron chi connectivity index (χ0n) is 16.6. The first kappa shape index (κ1) is 20.8. The Balaban J connectivity index is 1.50. The molecule has 2 aliphatic rings. The molecule has 0 bridgehead atoms. The van der Waals surface area contributed by atoms with E-state index in [1.165, 1.54) is 6.07 Å². The van der Waals surface area contributed by atoms with Crippen molar-refractivity contribution >= 4 is 16.1 Å². The van der Waals surface area contributed by atoms with E-state index in [1.807, 2.05) is 24.3 Å². The number of hydrogen-bond donors (Lipinski definition) is 0. The van der Waals surface area contributed by atoms with Crippen LogP contribution in [0, 0.1) is 0 Å². The molecule has 1 unspecified atom stereocenters. The maximum atomic E-state index is 13.2. The average Bonchev–Trinajstić information content (AvgIpc) is 3.24. The SMILES string of the molecule is COc1ccc(C2CCN(S(=O)(=O)C3=Cc4ccc(OC(F)F)cc4CC3)C2)cc1. The lowest BCUT2D eigenvalue weighted by atomic mass is 9.97. The van der Waals surface area contributed by atoms with Crippen molar-refractivity contribution in [3.05, 3.63) is 64.1 Å². The van der Waals surface area contributed by atoms with Crippen molar-refractivity contribution in [1.29, 1.82) is 0 Å². The lowest BCUT2D eigenvalue weighted by molar-refractivity contribution is -0.0498. The van der Waals surface area contributed by atoms with Gasteiger partial charge in [-0.3, -0.25) is 0 Å². The van der Waals surface area contributed by atoms with E-state index >= 15 is 0 Å². The highest BCUT2D eigenvalue weighted by Crippen LogP contribution is 2.35. The molecule has 1 aliphatic heterocycles. The molecule has 0 saturated carbocycles. The fourth-order valence-corrected chi connectivity index (χ4v) is 5.77. The molecular weight excluding hydrogens is 412 g/mol. The maximum absolute atomic E-state index is 13.2. The van der Waals surface area contributed by atoms with E-state index in [0.29, 0.717) is 30.8 Å². The molecule has 8 heteroatoms. The number of ether oxygens (including phenoxy) is 2. The second-order valence-electron chi connectivity index (χ2n) is 7.47. The van der Waals surface area contributed by atoms with Gasteiger partial charge in [-0.15, -0.1) is 0 Å². The normalized spacial score (nSPS) is 19.5. The number of methoxy groups -OCH3 is 1. The monoisotopic (exact) mass is 435 g/mol. The summed E-state index contributed by atoms with van der Waals surface area (Å²) in [4.78, 5) is 0.368. The molecule has 2 aromatic rings. The Morgan fingerprint density at radius 1 is 1.07 bits per heavy atom. The molecular formula is C22H23F2NO4S. The Morgan fingerprint density at radius 3 is 2.50 bits per heavy atom. The molecule has 2 aromatic carbocycles. The van der Waals surface area contributed by atoms with Crippen LogP contribution >= 0.6 is 0 Å². The molecule has 1 aliphatic carbocycles. The summed E-state index contributed by atoms with van der Waals surface area (Å²) in [6.07, 6.45) is 3.23. The third kappa shape index (κ3) is 4.20. The smallest absolute Gasteiger partial charge is 0.387 e. The Kier molecular flexibility index (Phi) is 5.79. The van der Waals surface area contributed by atoms with Crippen molar-refractivity contribution in [3.8, 4) is 11.5 Å². The van der Waals surface area contributed by atoms with Crippen LogP contribution in [-0.2, 0) is 16.4 Å². The van der Waals surface area contributed by atoms with Crippen LogP contribution in [0.2, 0.25) is 0 Å². The lowest BCUT2D eigenvalue weighted by Crippen LogP contribution is -2.30. The molecule has 5 nitrogen and oxygen atoms in total. The van der Waals surface area contributed by atoms with Crippen LogP contribution in [0.4, 0.5) is 8.78 Å². The average molecular weight is 435 g/mol. The van der Waals surface area contributed by atoms with Crippen molar-refractivity contribution in [2.75, 3.05) is 20.2 Å². The van der Waals surface area contributed by atoms with Gasteiger partial charge in [-0.2, -0.15) is 13.1 Å². The topological polar surface area (TPSA) is 55.8 Å². The Labute approximate surface area is 175 Å². The van der Waals surface area contributed by atoms with E-state index in [0.717, 1.165) is 28.9 Å². The zero-order chi connectivity index (χ0) is 21.3. The number of halogens is 2. The number of fused-ring (bicyclic) bond motifs is 1. The Hall–Kier alpha value is -2.45. The van der Waals surface area contributed by atoms with E-state index < -0.39 is 16.6 Å². The van der Waals surface area contributed by atoms with Gasteiger partial charge in [-0.25, -0.2) is 8.42 Å².